The summed E-state index contributed by atoms with van der Waals surface area (Å²) in [5.41, 5.74) is 0.0671. The molecule has 2 heterocycles. The van der Waals surface area contributed by atoms with Crippen LogP contribution in [0, 0.1) is 0 Å². The number of pyridine rings is 1. The Morgan fingerprint density at radius 1 is 1.53 bits per heavy atom. The minimum atomic E-state index is -0.599. The van der Waals surface area contributed by atoms with Gasteiger partial charge in [0.05, 0.1) is 12.2 Å². The van der Waals surface area contributed by atoms with E-state index in [9.17, 15) is 9.59 Å². The van der Waals surface area contributed by atoms with Gasteiger partial charge in [-0.3, -0.25) is 9.89 Å². The molecule has 0 unspecified atom stereocenters. The summed E-state index contributed by atoms with van der Waals surface area (Å²) < 4.78 is 4.75. The standard InChI is InChI=1S/C10H10N4O3/c1-2-17-10(16)9-12-8(13-14-9)6-5-11-4-3-7(6)15/h3-5H,2H2,1H3,(H,11,15)(H,12,13,14). The second-order valence-corrected chi connectivity index (χ2v) is 3.15. The molecule has 88 valence electrons. The van der Waals surface area contributed by atoms with Gasteiger partial charge in [0, 0.05) is 18.5 Å². The van der Waals surface area contributed by atoms with Crippen LogP contribution in [0.2, 0.25) is 0 Å². The van der Waals surface area contributed by atoms with Crippen LogP contribution < -0.4 is 5.43 Å². The lowest BCUT2D eigenvalue weighted by atomic mass is 10.2. The zero-order valence-corrected chi connectivity index (χ0v) is 9.06. The first-order valence-electron chi connectivity index (χ1n) is 4.99. The molecular formula is C10H10N4O3. The van der Waals surface area contributed by atoms with E-state index in [0.717, 1.165) is 0 Å². The number of rotatable bonds is 3. The Morgan fingerprint density at radius 2 is 2.35 bits per heavy atom. The maximum Gasteiger partial charge on any atom is 0.375 e. The molecule has 17 heavy (non-hydrogen) atoms. The highest BCUT2D eigenvalue weighted by Gasteiger charge is 2.14. The van der Waals surface area contributed by atoms with Gasteiger partial charge in [-0.25, -0.2) is 9.78 Å². The van der Waals surface area contributed by atoms with Crippen molar-refractivity contribution in [1.29, 1.82) is 0 Å². The molecule has 0 spiro atoms. The van der Waals surface area contributed by atoms with E-state index in [1.807, 2.05) is 0 Å². The Morgan fingerprint density at radius 3 is 3.06 bits per heavy atom. The highest BCUT2D eigenvalue weighted by molar-refractivity contribution is 5.85. The number of H-pyrrole nitrogens is 2. The van der Waals surface area contributed by atoms with Crippen LogP contribution >= 0.6 is 0 Å². The van der Waals surface area contributed by atoms with Gasteiger partial charge in [-0.05, 0) is 6.92 Å². The number of carbonyl (C=O) groups is 1. The first kappa shape index (κ1) is 11.1. The average Bonchev–Trinajstić information content (AvgIpc) is 2.79. The Labute approximate surface area is 95.9 Å². The van der Waals surface area contributed by atoms with Gasteiger partial charge in [-0.15, -0.1) is 0 Å². The van der Waals surface area contributed by atoms with Crippen molar-refractivity contribution in [2.75, 3.05) is 6.61 Å². The van der Waals surface area contributed by atoms with Gasteiger partial charge in [-0.1, -0.05) is 0 Å². The summed E-state index contributed by atoms with van der Waals surface area (Å²) in [5, 5.41) is 6.22. The molecule has 2 aromatic rings. The van der Waals surface area contributed by atoms with Crippen LogP contribution in [0.5, 0.6) is 0 Å². The third kappa shape index (κ3) is 2.22. The van der Waals surface area contributed by atoms with Crippen LogP contribution in [0.15, 0.2) is 23.3 Å². The fourth-order valence-electron chi connectivity index (χ4n) is 1.26. The molecular weight excluding hydrogens is 224 g/mol. The van der Waals surface area contributed by atoms with Crippen LogP contribution in [0.3, 0.4) is 0 Å². The van der Waals surface area contributed by atoms with Gasteiger partial charge >= 0.3 is 5.97 Å². The fraction of sp³-hybridized carbons (Fsp3) is 0.200. The number of esters is 1. The van der Waals surface area contributed by atoms with E-state index in [4.69, 9.17) is 4.74 Å². The van der Waals surface area contributed by atoms with E-state index in [0.29, 0.717) is 5.56 Å². The Balaban J connectivity index is 2.34. The Bertz CT molecular complexity index is 587. The summed E-state index contributed by atoms with van der Waals surface area (Å²) in [6, 6.07) is 1.36. The number of aromatic nitrogens is 4. The van der Waals surface area contributed by atoms with E-state index < -0.39 is 5.97 Å². The zero-order valence-electron chi connectivity index (χ0n) is 9.06. The first-order valence-corrected chi connectivity index (χ1v) is 4.99. The maximum absolute atomic E-state index is 11.5. The molecule has 0 saturated carbocycles. The third-order valence-corrected chi connectivity index (χ3v) is 2.02. The SMILES string of the molecule is CCOC(=O)c1nc(-c2c[nH]ccc2=O)n[nH]1. The van der Waals surface area contributed by atoms with Crippen molar-refractivity contribution in [3.8, 4) is 11.4 Å². The van der Waals surface area contributed by atoms with Crippen molar-refractivity contribution in [1.82, 2.24) is 20.2 Å². The molecule has 2 aromatic heterocycles. The zero-order chi connectivity index (χ0) is 12.3. The maximum atomic E-state index is 11.5. The number of nitrogens with zero attached hydrogens (tertiary/aromatic N) is 2. The van der Waals surface area contributed by atoms with Crippen LogP contribution in [0.1, 0.15) is 17.5 Å². The van der Waals surface area contributed by atoms with Crippen molar-refractivity contribution >= 4 is 5.97 Å². The van der Waals surface area contributed by atoms with Crippen LogP contribution in [-0.2, 0) is 4.74 Å². The van der Waals surface area contributed by atoms with Crippen molar-refractivity contribution in [2.24, 2.45) is 0 Å². The molecule has 7 heteroatoms. The van der Waals surface area contributed by atoms with Gasteiger partial charge in [0.25, 0.3) is 0 Å². The number of carbonyl (C=O) groups excluding carboxylic acids is 1. The first-order chi connectivity index (χ1) is 8.22. The van der Waals surface area contributed by atoms with Crippen LogP contribution in [-0.4, -0.2) is 32.7 Å². The normalized spacial score (nSPS) is 10.2. The van der Waals surface area contributed by atoms with E-state index >= 15 is 0 Å². The topological polar surface area (TPSA) is 101 Å². The molecule has 0 aromatic carbocycles. The van der Waals surface area contributed by atoms with Crippen molar-refractivity contribution in [3.05, 3.63) is 34.5 Å². The van der Waals surface area contributed by atoms with Gasteiger partial charge in [-0.2, -0.15) is 5.10 Å². The molecule has 0 fully saturated rings. The lowest BCUT2D eigenvalue weighted by molar-refractivity contribution is 0.0512. The minimum Gasteiger partial charge on any atom is -0.460 e. The molecule has 0 aliphatic heterocycles. The molecule has 0 saturated heterocycles. The summed E-state index contributed by atoms with van der Waals surface area (Å²) in [7, 11) is 0. The molecule has 0 atom stereocenters. The van der Waals surface area contributed by atoms with E-state index in [1.54, 1.807) is 6.92 Å². The summed E-state index contributed by atoms with van der Waals surface area (Å²) >= 11 is 0. The molecule has 0 radical (unpaired) electrons. The van der Waals surface area contributed by atoms with Crippen LogP contribution in [0.25, 0.3) is 11.4 Å². The van der Waals surface area contributed by atoms with Gasteiger partial charge in [0.1, 0.15) is 0 Å². The molecule has 0 aliphatic carbocycles. The highest BCUT2D eigenvalue weighted by atomic mass is 16.5. The van der Waals surface area contributed by atoms with Crippen molar-refractivity contribution in [3.63, 3.8) is 0 Å². The average molecular weight is 234 g/mol. The predicted octanol–water partition coefficient (Wildman–Crippen LogP) is 0.337. The van der Waals surface area contributed by atoms with E-state index in [1.165, 1.54) is 18.5 Å². The predicted molar refractivity (Wildman–Crippen MR) is 58.4 cm³/mol. The highest BCUT2D eigenvalue weighted by Crippen LogP contribution is 2.08. The summed E-state index contributed by atoms with van der Waals surface area (Å²) in [4.78, 5) is 29.5. The lowest BCUT2D eigenvalue weighted by Crippen LogP contribution is -2.07. The summed E-state index contributed by atoms with van der Waals surface area (Å²) in [6.45, 7) is 1.94. The second kappa shape index (κ2) is 4.60. The van der Waals surface area contributed by atoms with Crippen molar-refractivity contribution in [2.45, 2.75) is 6.92 Å². The Kier molecular flexibility index (Phi) is 2.99. The van der Waals surface area contributed by atoms with E-state index in [-0.39, 0.29) is 23.7 Å². The smallest absolute Gasteiger partial charge is 0.375 e. The summed E-state index contributed by atoms with van der Waals surface area (Å²) in [5.74, 6) is -0.460. The lowest BCUT2D eigenvalue weighted by Gasteiger charge is -1.95. The number of hydrogen-bond acceptors (Lipinski definition) is 5. The van der Waals surface area contributed by atoms with Gasteiger partial charge < -0.3 is 9.72 Å². The third-order valence-electron chi connectivity index (χ3n) is 2.02. The molecule has 2 rings (SSSR count). The molecule has 0 bridgehead atoms. The quantitative estimate of drug-likeness (QED) is 0.745. The molecule has 7 nitrogen and oxygen atoms in total. The van der Waals surface area contributed by atoms with Crippen molar-refractivity contribution < 1.29 is 9.53 Å². The fourth-order valence-corrected chi connectivity index (χ4v) is 1.26. The largest absolute Gasteiger partial charge is 0.460 e. The molecule has 0 amide bonds. The molecule has 2 N–H and O–H groups in total. The van der Waals surface area contributed by atoms with Gasteiger partial charge in [0.15, 0.2) is 11.3 Å². The van der Waals surface area contributed by atoms with E-state index in [2.05, 4.69) is 20.2 Å². The summed E-state index contributed by atoms with van der Waals surface area (Å²) in [6.07, 6.45) is 2.98. The number of hydrogen-bond donors (Lipinski definition) is 2. The number of nitrogens with one attached hydrogen (secondary N) is 2. The Hall–Kier alpha value is -2.44. The number of aromatic amines is 2. The number of ether oxygens (including phenoxy) is 1. The molecule has 0 aliphatic rings. The second-order valence-electron chi connectivity index (χ2n) is 3.15. The van der Waals surface area contributed by atoms with Crippen LogP contribution in [0.4, 0.5) is 0 Å². The monoisotopic (exact) mass is 234 g/mol. The minimum absolute atomic E-state index is 0.0231. The van der Waals surface area contributed by atoms with Gasteiger partial charge in [0.2, 0.25) is 5.82 Å².